The number of nitrogens with zero attached hydrogens (tertiary/aromatic N) is 2. The molecule has 1 heterocycles. The van der Waals surface area contributed by atoms with Gasteiger partial charge in [-0.1, -0.05) is 11.6 Å². The molecule has 0 radical (unpaired) electrons. The van der Waals surface area contributed by atoms with E-state index < -0.39 is 0 Å². The summed E-state index contributed by atoms with van der Waals surface area (Å²) < 4.78 is 5.09. The van der Waals surface area contributed by atoms with E-state index in [-0.39, 0.29) is 0 Å². The van der Waals surface area contributed by atoms with Crippen molar-refractivity contribution in [2.24, 2.45) is 5.73 Å². The first-order chi connectivity index (χ1) is 8.24. The molecule has 4 nitrogen and oxygen atoms in total. The summed E-state index contributed by atoms with van der Waals surface area (Å²) in [6.07, 6.45) is 0. The number of benzene rings is 1. The molecule has 5 heteroatoms. The minimum Gasteiger partial charge on any atom is -0.495 e. The van der Waals surface area contributed by atoms with E-state index in [4.69, 9.17) is 22.1 Å². The van der Waals surface area contributed by atoms with Gasteiger partial charge in [0.15, 0.2) is 0 Å². The maximum Gasteiger partial charge on any atom is 0.137 e. The average Bonchev–Trinajstić information content (AvgIpc) is 2.39. The highest BCUT2D eigenvalue weighted by Crippen LogP contribution is 2.28. The second kappa shape index (κ2) is 5.12. The molecule has 17 heavy (non-hydrogen) atoms. The van der Waals surface area contributed by atoms with Crippen LogP contribution in [0.3, 0.4) is 0 Å². The lowest BCUT2D eigenvalue weighted by molar-refractivity contribution is 0.415. The normalized spacial score (nSPS) is 10.3. The Labute approximate surface area is 104 Å². The Morgan fingerprint density at radius 1 is 1.24 bits per heavy atom. The standard InChI is InChI=1S/C12H12ClN3O/c1-17-12-5-2-8(6-10(12)13)11-4-3-9(7-14)15-16-11/h2-6H,7,14H2,1H3. The Balaban J connectivity index is 2.35. The molecule has 0 amide bonds. The van der Waals surface area contributed by atoms with Crippen molar-refractivity contribution >= 4 is 11.6 Å². The summed E-state index contributed by atoms with van der Waals surface area (Å²) in [6.45, 7) is 0.386. The molecule has 0 saturated heterocycles. The van der Waals surface area contributed by atoms with Gasteiger partial charge in [-0.3, -0.25) is 0 Å². The number of hydrogen-bond donors (Lipinski definition) is 1. The van der Waals surface area contributed by atoms with Crippen LogP contribution in [-0.2, 0) is 6.54 Å². The van der Waals surface area contributed by atoms with E-state index in [9.17, 15) is 0 Å². The zero-order chi connectivity index (χ0) is 12.3. The highest BCUT2D eigenvalue weighted by Gasteiger charge is 2.05. The number of ether oxygens (including phenoxy) is 1. The fourth-order valence-electron chi connectivity index (χ4n) is 1.45. The van der Waals surface area contributed by atoms with Crippen LogP contribution in [0.4, 0.5) is 0 Å². The van der Waals surface area contributed by atoms with Crippen molar-refractivity contribution in [3.05, 3.63) is 41.0 Å². The zero-order valence-electron chi connectivity index (χ0n) is 9.35. The van der Waals surface area contributed by atoms with Gasteiger partial charge in [-0.05, 0) is 30.3 Å². The van der Waals surface area contributed by atoms with E-state index in [2.05, 4.69) is 10.2 Å². The van der Waals surface area contributed by atoms with Gasteiger partial charge in [0, 0.05) is 12.1 Å². The molecule has 0 saturated carbocycles. The summed E-state index contributed by atoms with van der Waals surface area (Å²) in [4.78, 5) is 0. The van der Waals surface area contributed by atoms with Gasteiger partial charge in [0.25, 0.3) is 0 Å². The molecule has 1 aromatic carbocycles. The fourth-order valence-corrected chi connectivity index (χ4v) is 1.71. The van der Waals surface area contributed by atoms with Crippen molar-refractivity contribution in [3.8, 4) is 17.0 Å². The maximum absolute atomic E-state index is 6.04. The number of hydrogen-bond acceptors (Lipinski definition) is 4. The number of aromatic nitrogens is 2. The second-order valence-electron chi connectivity index (χ2n) is 3.46. The second-order valence-corrected chi connectivity index (χ2v) is 3.87. The van der Waals surface area contributed by atoms with Crippen LogP contribution >= 0.6 is 11.6 Å². The van der Waals surface area contributed by atoms with Crippen LogP contribution in [0.1, 0.15) is 5.69 Å². The Morgan fingerprint density at radius 3 is 2.59 bits per heavy atom. The molecule has 0 aliphatic heterocycles. The lowest BCUT2D eigenvalue weighted by atomic mass is 10.1. The molecular formula is C12H12ClN3O. The van der Waals surface area contributed by atoms with Crippen molar-refractivity contribution in [1.29, 1.82) is 0 Å². The van der Waals surface area contributed by atoms with E-state index in [1.54, 1.807) is 19.2 Å². The minimum atomic E-state index is 0.386. The largest absolute Gasteiger partial charge is 0.495 e. The summed E-state index contributed by atoms with van der Waals surface area (Å²) in [5, 5.41) is 8.63. The SMILES string of the molecule is COc1ccc(-c2ccc(CN)nn2)cc1Cl. The highest BCUT2D eigenvalue weighted by atomic mass is 35.5. The Morgan fingerprint density at radius 2 is 2.06 bits per heavy atom. The number of halogens is 1. The van der Waals surface area contributed by atoms with E-state index in [0.29, 0.717) is 17.3 Å². The Bertz CT molecular complexity index is 514. The van der Waals surface area contributed by atoms with Crippen LogP contribution in [0.15, 0.2) is 30.3 Å². The summed E-state index contributed by atoms with van der Waals surface area (Å²) in [6, 6.07) is 9.20. The number of rotatable bonds is 3. The molecule has 0 unspecified atom stereocenters. The van der Waals surface area contributed by atoms with Crippen molar-refractivity contribution in [3.63, 3.8) is 0 Å². The van der Waals surface area contributed by atoms with Crippen molar-refractivity contribution in [1.82, 2.24) is 10.2 Å². The van der Waals surface area contributed by atoms with Crippen LogP contribution in [0, 0.1) is 0 Å². The quantitative estimate of drug-likeness (QED) is 0.907. The Kier molecular flexibility index (Phi) is 3.56. The highest BCUT2D eigenvalue weighted by molar-refractivity contribution is 6.32. The molecule has 2 rings (SSSR count). The van der Waals surface area contributed by atoms with Gasteiger partial charge in [-0.15, -0.1) is 0 Å². The third-order valence-corrected chi connectivity index (χ3v) is 2.67. The first kappa shape index (κ1) is 11.8. The predicted molar refractivity (Wildman–Crippen MR) is 66.9 cm³/mol. The molecule has 1 aromatic heterocycles. The van der Waals surface area contributed by atoms with Gasteiger partial charge in [0.2, 0.25) is 0 Å². The van der Waals surface area contributed by atoms with E-state index in [0.717, 1.165) is 17.0 Å². The summed E-state index contributed by atoms with van der Waals surface area (Å²) in [5.74, 6) is 0.641. The smallest absolute Gasteiger partial charge is 0.137 e. The summed E-state index contributed by atoms with van der Waals surface area (Å²) >= 11 is 6.04. The lowest BCUT2D eigenvalue weighted by Crippen LogP contribution is -2.01. The van der Waals surface area contributed by atoms with Gasteiger partial charge in [-0.2, -0.15) is 10.2 Å². The van der Waals surface area contributed by atoms with Crippen molar-refractivity contribution in [2.75, 3.05) is 7.11 Å². The van der Waals surface area contributed by atoms with Crippen molar-refractivity contribution < 1.29 is 4.74 Å². The molecule has 2 aromatic rings. The van der Waals surface area contributed by atoms with Gasteiger partial charge in [0.05, 0.1) is 23.5 Å². The van der Waals surface area contributed by atoms with E-state index >= 15 is 0 Å². The molecule has 2 N–H and O–H groups in total. The van der Waals surface area contributed by atoms with Gasteiger partial charge < -0.3 is 10.5 Å². The van der Waals surface area contributed by atoms with Crippen LogP contribution in [-0.4, -0.2) is 17.3 Å². The molecule has 0 aliphatic carbocycles. The van der Waals surface area contributed by atoms with Crippen LogP contribution in [0.25, 0.3) is 11.3 Å². The summed E-state index contributed by atoms with van der Waals surface area (Å²) in [7, 11) is 1.58. The predicted octanol–water partition coefficient (Wildman–Crippen LogP) is 2.26. The average molecular weight is 250 g/mol. The molecular weight excluding hydrogens is 238 g/mol. The number of nitrogens with two attached hydrogens (primary N) is 1. The minimum absolute atomic E-state index is 0.386. The third-order valence-electron chi connectivity index (χ3n) is 2.38. The number of methoxy groups -OCH3 is 1. The van der Waals surface area contributed by atoms with Crippen LogP contribution in [0.2, 0.25) is 5.02 Å². The van der Waals surface area contributed by atoms with Gasteiger partial charge in [-0.25, -0.2) is 0 Å². The summed E-state index contributed by atoms with van der Waals surface area (Å²) in [5.41, 5.74) is 7.87. The van der Waals surface area contributed by atoms with E-state index in [1.807, 2.05) is 18.2 Å². The lowest BCUT2D eigenvalue weighted by Gasteiger charge is -2.05. The molecule has 0 spiro atoms. The topological polar surface area (TPSA) is 61.0 Å². The van der Waals surface area contributed by atoms with E-state index in [1.165, 1.54) is 0 Å². The van der Waals surface area contributed by atoms with Crippen LogP contribution in [0.5, 0.6) is 5.75 Å². The molecule has 0 atom stereocenters. The monoisotopic (exact) mass is 249 g/mol. The van der Waals surface area contributed by atoms with Crippen LogP contribution < -0.4 is 10.5 Å². The van der Waals surface area contributed by atoms with Gasteiger partial charge >= 0.3 is 0 Å². The first-order valence-corrected chi connectivity index (χ1v) is 5.49. The molecule has 0 bridgehead atoms. The molecule has 88 valence electrons. The van der Waals surface area contributed by atoms with Crippen molar-refractivity contribution in [2.45, 2.75) is 6.54 Å². The zero-order valence-corrected chi connectivity index (χ0v) is 10.1. The molecule has 0 aliphatic rings. The van der Waals surface area contributed by atoms with Gasteiger partial charge in [0.1, 0.15) is 5.75 Å². The third kappa shape index (κ3) is 2.54. The fraction of sp³-hybridized carbons (Fsp3) is 0.167. The maximum atomic E-state index is 6.04. The molecule has 0 fully saturated rings. The Hall–Kier alpha value is -1.65. The first-order valence-electron chi connectivity index (χ1n) is 5.11.